The van der Waals surface area contributed by atoms with Gasteiger partial charge in [-0.3, -0.25) is 10.4 Å². The molecule has 0 aliphatic carbocycles. The van der Waals surface area contributed by atoms with Crippen molar-refractivity contribution in [3.63, 3.8) is 0 Å². The largest absolute Gasteiger partial charge is 0.292 e. The van der Waals surface area contributed by atoms with Crippen molar-refractivity contribution >= 4 is 22.5 Å². The van der Waals surface area contributed by atoms with Gasteiger partial charge in [0.05, 0.1) is 5.71 Å². The predicted molar refractivity (Wildman–Crippen MR) is 44.9 cm³/mol. The second-order valence-electron chi connectivity index (χ2n) is 1.56. The van der Waals surface area contributed by atoms with Gasteiger partial charge in [-0.1, -0.05) is 6.92 Å². The molecule has 0 amide bonds. The number of rotatable bonds is 2. The minimum atomic E-state index is 0.583. The van der Waals surface area contributed by atoms with Crippen LogP contribution in [0.4, 0.5) is 0 Å². The van der Waals surface area contributed by atoms with Crippen LogP contribution in [0, 0.1) is 5.41 Å². The Morgan fingerprint density at radius 2 is 2.22 bits per heavy atom. The first kappa shape index (κ1) is 8.69. The van der Waals surface area contributed by atoms with E-state index >= 15 is 0 Å². The third-order valence-corrected chi connectivity index (χ3v) is 1.71. The van der Waals surface area contributed by atoms with Gasteiger partial charge in [0.2, 0.25) is 0 Å². The molecule has 0 heterocycles. The molecule has 52 valence electrons. The van der Waals surface area contributed by atoms with Gasteiger partial charge in [0.15, 0.2) is 0 Å². The van der Waals surface area contributed by atoms with Crippen LogP contribution in [-0.2, 0) is 0 Å². The maximum atomic E-state index is 7.33. The van der Waals surface area contributed by atoms with Crippen LogP contribution in [-0.4, -0.2) is 24.1 Å². The van der Waals surface area contributed by atoms with Gasteiger partial charge in [0, 0.05) is 7.05 Å². The highest BCUT2D eigenvalue weighted by Gasteiger charge is 1.99. The van der Waals surface area contributed by atoms with Crippen LogP contribution in [0.15, 0.2) is 4.99 Å². The van der Waals surface area contributed by atoms with E-state index in [1.165, 1.54) is 11.8 Å². The Morgan fingerprint density at radius 1 is 1.67 bits per heavy atom. The molecular weight excluding hydrogens is 132 g/mol. The topological polar surface area (TPSA) is 36.2 Å². The highest BCUT2D eigenvalue weighted by Crippen LogP contribution is 2.00. The second-order valence-corrected chi connectivity index (χ2v) is 2.37. The molecule has 0 fully saturated rings. The van der Waals surface area contributed by atoms with Crippen LogP contribution in [0.2, 0.25) is 0 Å². The minimum Gasteiger partial charge on any atom is -0.292 e. The van der Waals surface area contributed by atoms with Gasteiger partial charge in [-0.25, -0.2) is 0 Å². The van der Waals surface area contributed by atoms with Crippen LogP contribution in [0.25, 0.3) is 0 Å². The summed E-state index contributed by atoms with van der Waals surface area (Å²) in [7, 11) is 1.73. The molecule has 0 aromatic heterocycles. The van der Waals surface area contributed by atoms with Crippen molar-refractivity contribution in [3.05, 3.63) is 0 Å². The lowest BCUT2D eigenvalue weighted by Gasteiger charge is -1.98. The van der Waals surface area contributed by atoms with Crippen molar-refractivity contribution in [1.29, 1.82) is 5.41 Å². The van der Waals surface area contributed by atoms with Crippen molar-refractivity contribution in [2.24, 2.45) is 4.99 Å². The van der Waals surface area contributed by atoms with E-state index in [1.54, 1.807) is 7.05 Å². The van der Waals surface area contributed by atoms with E-state index in [2.05, 4.69) is 4.99 Å². The predicted octanol–water partition coefficient (Wildman–Crippen LogP) is 1.81. The Morgan fingerprint density at radius 3 is 2.33 bits per heavy atom. The fourth-order valence-electron chi connectivity index (χ4n) is 0.538. The molecule has 0 saturated heterocycles. The zero-order valence-electron chi connectivity index (χ0n) is 6.06. The third kappa shape index (κ3) is 2.65. The molecule has 0 spiro atoms. The Labute approximate surface area is 60.3 Å². The molecule has 0 rings (SSSR count). The first-order valence-corrected chi connectivity index (χ1v) is 4.07. The molecule has 2 nitrogen and oxygen atoms in total. The van der Waals surface area contributed by atoms with Gasteiger partial charge in [0.1, 0.15) is 5.04 Å². The molecule has 0 radical (unpaired) electrons. The summed E-state index contributed by atoms with van der Waals surface area (Å²) in [4.78, 5) is 3.95. The van der Waals surface area contributed by atoms with E-state index in [0.29, 0.717) is 5.04 Å². The fraction of sp³-hybridized carbons (Fsp3) is 0.667. The van der Waals surface area contributed by atoms with E-state index < -0.39 is 0 Å². The quantitative estimate of drug-likeness (QED) is 0.465. The zero-order chi connectivity index (χ0) is 7.28. The van der Waals surface area contributed by atoms with Crippen molar-refractivity contribution in [1.82, 2.24) is 0 Å². The third-order valence-electron chi connectivity index (χ3n) is 1.07. The average molecular weight is 144 g/mol. The van der Waals surface area contributed by atoms with Gasteiger partial charge >= 0.3 is 0 Å². The molecule has 0 aliphatic heterocycles. The summed E-state index contributed by atoms with van der Waals surface area (Å²) in [5.41, 5.74) is 0.891. The SMILES string of the molecule is CCC(=NC)C(=N)SC. The zero-order valence-corrected chi connectivity index (χ0v) is 6.88. The summed E-state index contributed by atoms with van der Waals surface area (Å²) >= 11 is 1.43. The summed E-state index contributed by atoms with van der Waals surface area (Å²) < 4.78 is 0. The maximum Gasteiger partial charge on any atom is 0.108 e. The molecular formula is C6H12N2S. The number of nitrogens with zero attached hydrogens (tertiary/aromatic N) is 1. The smallest absolute Gasteiger partial charge is 0.108 e. The first-order valence-electron chi connectivity index (χ1n) is 2.84. The summed E-state index contributed by atoms with van der Waals surface area (Å²) in [6, 6.07) is 0. The van der Waals surface area contributed by atoms with E-state index in [4.69, 9.17) is 5.41 Å². The minimum absolute atomic E-state index is 0.583. The molecule has 0 aromatic rings. The van der Waals surface area contributed by atoms with Crippen LogP contribution in [0.1, 0.15) is 13.3 Å². The number of thioether (sulfide) groups is 1. The lowest BCUT2D eigenvalue weighted by atomic mass is 10.3. The first-order chi connectivity index (χ1) is 4.26. The van der Waals surface area contributed by atoms with Crippen molar-refractivity contribution in [2.75, 3.05) is 13.3 Å². The van der Waals surface area contributed by atoms with Gasteiger partial charge in [-0.05, 0) is 12.7 Å². The van der Waals surface area contributed by atoms with E-state index in [9.17, 15) is 0 Å². The fourth-order valence-corrected chi connectivity index (χ4v) is 1.01. The lowest BCUT2D eigenvalue weighted by molar-refractivity contribution is 1.27. The van der Waals surface area contributed by atoms with Crippen molar-refractivity contribution < 1.29 is 0 Å². The van der Waals surface area contributed by atoms with Crippen LogP contribution in [0.5, 0.6) is 0 Å². The van der Waals surface area contributed by atoms with E-state index in [1.807, 2.05) is 13.2 Å². The molecule has 0 atom stereocenters. The molecule has 0 bridgehead atoms. The molecule has 0 unspecified atom stereocenters. The number of hydrogen-bond acceptors (Lipinski definition) is 3. The highest BCUT2D eigenvalue weighted by atomic mass is 32.2. The van der Waals surface area contributed by atoms with Gasteiger partial charge in [-0.15, -0.1) is 11.8 Å². The van der Waals surface area contributed by atoms with Gasteiger partial charge < -0.3 is 0 Å². The van der Waals surface area contributed by atoms with Gasteiger partial charge in [0.25, 0.3) is 0 Å². The Hall–Kier alpha value is -0.310. The van der Waals surface area contributed by atoms with Crippen molar-refractivity contribution in [3.8, 4) is 0 Å². The molecule has 1 N–H and O–H groups in total. The maximum absolute atomic E-state index is 7.33. The number of hydrogen-bond donors (Lipinski definition) is 1. The highest BCUT2D eigenvalue weighted by molar-refractivity contribution is 8.15. The Balaban J connectivity index is 3.97. The van der Waals surface area contributed by atoms with Crippen LogP contribution in [0.3, 0.4) is 0 Å². The van der Waals surface area contributed by atoms with Gasteiger partial charge in [-0.2, -0.15) is 0 Å². The standard InChI is InChI=1S/C6H12N2S/c1-4-5(8-2)6(7)9-3/h7H,4H2,1-3H3. The number of aliphatic imine (C=N–C) groups is 1. The van der Waals surface area contributed by atoms with Crippen LogP contribution < -0.4 is 0 Å². The average Bonchev–Trinajstić information content (AvgIpc) is 1.90. The molecule has 0 aromatic carbocycles. The lowest BCUT2D eigenvalue weighted by Crippen LogP contribution is -2.06. The Bertz CT molecular complexity index is 129. The van der Waals surface area contributed by atoms with Crippen LogP contribution >= 0.6 is 11.8 Å². The Kier molecular flexibility index (Phi) is 4.40. The second kappa shape index (κ2) is 4.56. The molecule has 0 aliphatic rings. The normalized spacial score (nSPS) is 11.7. The van der Waals surface area contributed by atoms with E-state index in [0.717, 1.165) is 12.1 Å². The summed E-state index contributed by atoms with van der Waals surface area (Å²) in [6.07, 6.45) is 2.75. The summed E-state index contributed by atoms with van der Waals surface area (Å²) in [5, 5.41) is 7.91. The molecule has 3 heteroatoms. The molecule has 0 saturated carbocycles. The van der Waals surface area contributed by atoms with Crippen molar-refractivity contribution in [2.45, 2.75) is 13.3 Å². The van der Waals surface area contributed by atoms with E-state index in [-0.39, 0.29) is 0 Å². The molecule has 9 heavy (non-hydrogen) atoms. The number of nitrogens with one attached hydrogen (secondary N) is 1. The summed E-state index contributed by atoms with van der Waals surface area (Å²) in [6.45, 7) is 2.01. The monoisotopic (exact) mass is 144 g/mol. The summed E-state index contributed by atoms with van der Waals surface area (Å²) in [5.74, 6) is 0.